The predicted octanol–water partition coefficient (Wildman–Crippen LogP) is 1.97. The van der Waals surface area contributed by atoms with E-state index in [1.165, 1.54) is 10.4 Å². The lowest BCUT2D eigenvalue weighted by Gasteiger charge is -2.07. The molecule has 124 valence electrons. The molecular weight excluding hydrogens is 326 g/mol. The van der Waals surface area contributed by atoms with Crippen molar-refractivity contribution in [1.82, 2.24) is 14.9 Å². The number of thiophene rings is 1. The number of H-pyrrole nitrogens is 1. The van der Waals surface area contributed by atoms with Gasteiger partial charge in [-0.1, -0.05) is 30.3 Å². The Morgan fingerprint density at radius 2 is 2.04 bits per heavy atom. The summed E-state index contributed by atoms with van der Waals surface area (Å²) in [5.74, 6) is -0.568. The average molecular weight is 343 g/mol. The first-order chi connectivity index (χ1) is 11.6. The summed E-state index contributed by atoms with van der Waals surface area (Å²) in [6.07, 6.45) is 1.86. The fourth-order valence-electron chi connectivity index (χ4n) is 2.36. The summed E-state index contributed by atoms with van der Waals surface area (Å²) < 4.78 is 0.977. The molecule has 2 heterocycles. The topological polar surface area (TPSA) is 87.1 Å². The second-order valence-corrected chi connectivity index (χ2v) is 6.26. The van der Waals surface area contributed by atoms with E-state index in [1.54, 1.807) is 11.3 Å². The van der Waals surface area contributed by atoms with Crippen LogP contribution in [0.25, 0.3) is 10.4 Å². The zero-order valence-electron chi connectivity index (χ0n) is 12.9. The minimum atomic E-state index is -0.508. The van der Waals surface area contributed by atoms with Crippen LogP contribution in [0.1, 0.15) is 5.56 Å². The molecule has 6 nitrogen and oxygen atoms in total. The Morgan fingerprint density at radius 3 is 2.67 bits per heavy atom. The third kappa shape index (κ3) is 3.75. The van der Waals surface area contributed by atoms with E-state index in [0.29, 0.717) is 13.0 Å². The molecule has 3 N–H and O–H groups in total. The lowest BCUT2D eigenvalue weighted by molar-refractivity contribution is -0.121. The van der Waals surface area contributed by atoms with Crippen molar-refractivity contribution in [3.05, 3.63) is 64.0 Å². The van der Waals surface area contributed by atoms with Gasteiger partial charge >= 0.3 is 5.69 Å². The van der Waals surface area contributed by atoms with Crippen molar-refractivity contribution < 1.29 is 9.90 Å². The van der Waals surface area contributed by atoms with E-state index in [1.807, 2.05) is 23.6 Å². The van der Waals surface area contributed by atoms with Crippen LogP contribution in [-0.2, 0) is 17.8 Å². The van der Waals surface area contributed by atoms with Gasteiger partial charge in [0, 0.05) is 11.4 Å². The first-order valence-electron chi connectivity index (χ1n) is 7.50. The molecule has 0 radical (unpaired) electrons. The van der Waals surface area contributed by atoms with Gasteiger partial charge in [-0.25, -0.2) is 4.79 Å². The molecule has 3 rings (SSSR count). The molecule has 1 aromatic carbocycles. The van der Waals surface area contributed by atoms with Gasteiger partial charge in [-0.3, -0.25) is 9.36 Å². The van der Waals surface area contributed by atoms with Crippen molar-refractivity contribution >= 4 is 17.2 Å². The third-order valence-electron chi connectivity index (χ3n) is 3.64. The van der Waals surface area contributed by atoms with Gasteiger partial charge in [0.15, 0.2) is 0 Å². The summed E-state index contributed by atoms with van der Waals surface area (Å²) in [7, 11) is 0. The molecule has 1 amide bonds. The first-order valence-corrected chi connectivity index (χ1v) is 8.38. The van der Waals surface area contributed by atoms with E-state index < -0.39 is 5.69 Å². The number of amides is 1. The monoisotopic (exact) mass is 343 g/mol. The zero-order valence-corrected chi connectivity index (χ0v) is 13.7. The van der Waals surface area contributed by atoms with Gasteiger partial charge < -0.3 is 15.4 Å². The molecule has 0 atom stereocenters. The number of aromatic hydroxyl groups is 1. The molecule has 0 spiro atoms. The van der Waals surface area contributed by atoms with Crippen LogP contribution in [0.5, 0.6) is 5.88 Å². The van der Waals surface area contributed by atoms with Crippen molar-refractivity contribution in [3.8, 4) is 16.3 Å². The fourth-order valence-corrected chi connectivity index (χ4v) is 3.10. The first kappa shape index (κ1) is 16.1. The number of nitrogens with one attached hydrogen (secondary N) is 2. The van der Waals surface area contributed by atoms with Crippen molar-refractivity contribution in [2.75, 3.05) is 6.54 Å². The van der Waals surface area contributed by atoms with E-state index in [-0.39, 0.29) is 18.3 Å². The van der Waals surface area contributed by atoms with Crippen molar-refractivity contribution in [2.24, 2.45) is 0 Å². The molecule has 0 aliphatic heterocycles. The number of carbonyl (C=O) groups is 1. The number of rotatable bonds is 6. The molecule has 3 aromatic rings. The van der Waals surface area contributed by atoms with E-state index in [4.69, 9.17) is 0 Å². The number of hydrogen-bond acceptors (Lipinski definition) is 4. The number of imidazole rings is 1. The van der Waals surface area contributed by atoms with Crippen LogP contribution in [0.15, 0.2) is 52.8 Å². The Morgan fingerprint density at radius 1 is 1.25 bits per heavy atom. The van der Waals surface area contributed by atoms with Gasteiger partial charge in [0.2, 0.25) is 11.8 Å². The molecule has 0 bridgehead atoms. The zero-order chi connectivity index (χ0) is 16.9. The van der Waals surface area contributed by atoms with Crippen molar-refractivity contribution in [1.29, 1.82) is 0 Å². The van der Waals surface area contributed by atoms with Crippen molar-refractivity contribution in [3.63, 3.8) is 0 Å². The van der Waals surface area contributed by atoms with Gasteiger partial charge in [0.05, 0.1) is 6.20 Å². The van der Waals surface area contributed by atoms with E-state index in [9.17, 15) is 14.7 Å². The van der Waals surface area contributed by atoms with Crippen LogP contribution in [0, 0.1) is 0 Å². The standard InChI is InChI=1S/C17H17N3O3S/c21-15(11-20-16(22)10-19-17(20)23)18-8-7-12-3-5-13(6-4-12)14-2-1-9-24-14/h1-6,9-10,22H,7-8,11H2,(H,18,21)(H,19,23). The Balaban J connectivity index is 1.49. The number of hydrogen-bond donors (Lipinski definition) is 3. The van der Waals surface area contributed by atoms with Gasteiger partial charge in [0.25, 0.3) is 0 Å². The van der Waals surface area contributed by atoms with Gasteiger partial charge in [0.1, 0.15) is 6.54 Å². The highest BCUT2D eigenvalue weighted by Crippen LogP contribution is 2.24. The van der Waals surface area contributed by atoms with E-state index in [0.717, 1.165) is 16.3 Å². The maximum Gasteiger partial charge on any atom is 0.328 e. The molecule has 0 fully saturated rings. The normalized spacial score (nSPS) is 10.7. The molecule has 0 saturated carbocycles. The highest BCUT2D eigenvalue weighted by molar-refractivity contribution is 7.13. The Labute approximate surface area is 142 Å². The summed E-state index contributed by atoms with van der Waals surface area (Å²) in [5, 5.41) is 14.2. The molecule has 2 aromatic heterocycles. The smallest absolute Gasteiger partial charge is 0.328 e. The van der Waals surface area contributed by atoms with Crippen molar-refractivity contribution in [2.45, 2.75) is 13.0 Å². The molecule has 0 unspecified atom stereocenters. The van der Waals surface area contributed by atoms with Gasteiger partial charge in [-0.2, -0.15) is 0 Å². The SMILES string of the molecule is O=C(Cn1c(O)c[nH]c1=O)NCCc1ccc(-c2cccs2)cc1. The highest BCUT2D eigenvalue weighted by Gasteiger charge is 2.09. The van der Waals surface area contributed by atoms with Gasteiger partial charge in [-0.05, 0) is 29.0 Å². The molecule has 7 heteroatoms. The Hall–Kier alpha value is -2.80. The molecule has 0 aliphatic carbocycles. The largest absolute Gasteiger partial charge is 0.493 e. The Bertz CT molecular complexity index is 863. The molecule has 0 saturated heterocycles. The number of aromatic nitrogens is 2. The number of aromatic amines is 1. The summed E-state index contributed by atoms with van der Waals surface area (Å²) in [6, 6.07) is 12.3. The van der Waals surface area contributed by atoms with E-state index >= 15 is 0 Å². The summed E-state index contributed by atoms with van der Waals surface area (Å²) in [4.78, 5) is 26.7. The molecular formula is C17H17N3O3S. The average Bonchev–Trinajstić information content (AvgIpc) is 3.21. The van der Waals surface area contributed by atoms with Crippen LogP contribution in [0.3, 0.4) is 0 Å². The lowest BCUT2D eigenvalue weighted by Crippen LogP contribution is -2.32. The number of carbonyl (C=O) groups excluding carboxylic acids is 1. The minimum absolute atomic E-state index is 0.203. The van der Waals surface area contributed by atoms with Crippen LogP contribution in [0.4, 0.5) is 0 Å². The lowest BCUT2D eigenvalue weighted by atomic mass is 10.1. The maximum absolute atomic E-state index is 11.8. The number of nitrogens with zero attached hydrogens (tertiary/aromatic N) is 1. The number of benzene rings is 1. The third-order valence-corrected chi connectivity index (χ3v) is 4.56. The summed E-state index contributed by atoms with van der Waals surface area (Å²) in [5.41, 5.74) is 1.80. The second kappa shape index (κ2) is 7.18. The maximum atomic E-state index is 11.8. The Kier molecular flexibility index (Phi) is 4.81. The van der Waals surface area contributed by atoms with Crippen LogP contribution < -0.4 is 11.0 Å². The quantitative estimate of drug-likeness (QED) is 0.639. The predicted molar refractivity (Wildman–Crippen MR) is 93.2 cm³/mol. The van der Waals surface area contributed by atoms with Crippen LogP contribution in [0.2, 0.25) is 0 Å². The van der Waals surface area contributed by atoms with Crippen LogP contribution in [-0.4, -0.2) is 27.1 Å². The van der Waals surface area contributed by atoms with Gasteiger partial charge in [-0.15, -0.1) is 11.3 Å². The summed E-state index contributed by atoms with van der Waals surface area (Å²) >= 11 is 1.70. The fraction of sp³-hybridized carbons (Fsp3) is 0.176. The second-order valence-electron chi connectivity index (χ2n) is 5.31. The highest BCUT2D eigenvalue weighted by atomic mass is 32.1. The van der Waals surface area contributed by atoms with E-state index in [2.05, 4.69) is 28.5 Å². The van der Waals surface area contributed by atoms with Crippen LogP contribution >= 0.6 is 11.3 Å². The minimum Gasteiger partial charge on any atom is -0.493 e. The molecule has 24 heavy (non-hydrogen) atoms. The molecule has 0 aliphatic rings. The summed E-state index contributed by atoms with van der Waals surface area (Å²) in [6.45, 7) is 0.266.